The van der Waals surface area contributed by atoms with E-state index in [0.717, 1.165) is 0 Å². The smallest absolute Gasteiger partial charge is 0.326 e. The number of rotatable bonds is 14. The lowest BCUT2D eigenvalue weighted by atomic mass is 10.1. The minimum atomic E-state index is -1.28. The van der Waals surface area contributed by atoms with Crippen molar-refractivity contribution >= 4 is 29.7 Å². The van der Waals surface area contributed by atoms with Crippen LogP contribution >= 0.6 is 0 Å². The minimum absolute atomic E-state index is 0.140. The van der Waals surface area contributed by atoms with E-state index in [1.807, 2.05) is 0 Å². The maximum Gasteiger partial charge on any atom is 0.326 e. The molecule has 9 N–H and O–H groups in total. The van der Waals surface area contributed by atoms with Crippen LogP contribution in [-0.2, 0) is 24.0 Å². The van der Waals surface area contributed by atoms with Crippen molar-refractivity contribution < 1.29 is 34.2 Å². The van der Waals surface area contributed by atoms with Gasteiger partial charge in [-0.3, -0.25) is 19.2 Å². The molecule has 0 saturated heterocycles. The van der Waals surface area contributed by atoms with Crippen LogP contribution in [-0.4, -0.2) is 71.1 Å². The first-order chi connectivity index (χ1) is 13.1. The molecule has 0 fully saturated rings. The van der Waals surface area contributed by atoms with Crippen LogP contribution in [0, 0.1) is 0 Å². The number of carbonyl (C=O) groups excluding carboxylic acids is 3. The number of unbranched alkanes of at least 4 members (excludes halogenated alkanes) is 1. The number of aliphatic carboxylic acids is 2. The zero-order valence-electron chi connectivity index (χ0n) is 15.8. The molecule has 3 atom stereocenters. The summed E-state index contributed by atoms with van der Waals surface area (Å²) < 4.78 is 0. The van der Waals surface area contributed by atoms with E-state index >= 15 is 0 Å². The van der Waals surface area contributed by atoms with Gasteiger partial charge < -0.3 is 37.6 Å². The Bertz CT molecular complexity index is 570. The quantitative estimate of drug-likeness (QED) is 0.152. The van der Waals surface area contributed by atoms with Gasteiger partial charge in [0.25, 0.3) is 0 Å². The third kappa shape index (κ3) is 10.4. The molecule has 0 aromatic rings. The predicted molar refractivity (Wildman–Crippen MR) is 97.9 cm³/mol. The summed E-state index contributed by atoms with van der Waals surface area (Å²) in [5.41, 5.74) is 10.5. The van der Waals surface area contributed by atoms with Crippen molar-refractivity contribution in [3.8, 4) is 0 Å². The van der Waals surface area contributed by atoms with Crippen LogP contribution in [0.15, 0.2) is 0 Å². The fourth-order valence-electron chi connectivity index (χ4n) is 2.22. The zero-order chi connectivity index (χ0) is 21.7. The van der Waals surface area contributed by atoms with Gasteiger partial charge in [0.2, 0.25) is 17.7 Å². The Labute approximate surface area is 162 Å². The van der Waals surface area contributed by atoms with Gasteiger partial charge in [-0.1, -0.05) is 0 Å². The lowest BCUT2D eigenvalue weighted by Crippen LogP contribution is -2.55. The molecule has 0 radical (unpaired) electrons. The monoisotopic (exact) mass is 403 g/mol. The van der Waals surface area contributed by atoms with Gasteiger partial charge >= 0.3 is 11.9 Å². The van der Waals surface area contributed by atoms with Crippen LogP contribution in [0.3, 0.4) is 0 Å². The van der Waals surface area contributed by atoms with Crippen LogP contribution in [0.4, 0.5) is 0 Å². The summed E-state index contributed by atoms with van der Waals surface area (Å²) in [4.78, 5) is 58.0. The fourth-order valence-corrected chi connectivity index (χ4v) is 2.22. The molecule has 0 aromatic heterocycles. The minimum Gasteiger partial charge on any atom is -0.481 e. The summed E-state index contributed by atoms with van der Waals surface area (Å²) >= 11 is 0. The summed E-state index contributed by atoms with van der Waals surface area (Å²) in [5.74, 6) is -4.58. The highest BCUT2D eigenvalue weighted by atomic mass is 16.4. The Morgan fingerprint density at radius 2 is 1.46 bits per heavy atom. The van der Waals surface area contributed by atoms with E-state index in [4.69, 9.17) is 16.6 Å². The molecule has 0 saturated carbocycles. The molecule has 0 aliphatic heterocycles. The second kappa shape index (κ2) is 13.4. The van der Waals surface area contributed by atoms with Crippen LogP contribution in [0.2, 0.25) is 0 Å². The SMILES string of the molecule is CC(NC(=O)CN)C(=O)NC(CCC(=O)O)C(=O)NC(CCCCN)C(=O)O. The Morgan fingerprint density at radius 1 is 0.857 bits per heavy atom. The Balaban J connectivity index is 5.06. The second-order valence-corrected chi connectivity index (χ2v) is 6.17. The number of nitrogens with one attached hydrogen (secondary N) is 3. The van der Waals surface area contributed by atoms with E-state index in [1.54, 1.807) is 0 Å². The summed E-state index contributed by atoms with van der Waals surface area (Å²) in [5, 5.41) is 25.0. The van der Waals surface area contributed by atoms with Gasteiger partial charge in [-0.2, -0.15) is 0 Å². The van der Waals surface area contributed by atoms with Crippen molar-refractivity contribution in [2.45, 2.75) is 57.2 Å². The molecular formula is C16H29N5O7. The number of carboxylic acids is 2. The van der Waals surface area contributed by atoms with Crippen LogP contribution in [0.5, 0.6) is 0 Å². The Hall–Kier alpha value is -2.73. The van der Waals surface area contributed by atoms with E-state index in [-0.39, 0.29) is 19.4 Å². The maximum absolute atomic E-state index is 12.4. The molecule has 12 heteroatoms. The van der Waals surface area contributed by atoms with Gasteiger partial charge in [0.05, 0.1) is 6.54 Å². The fraction of sp³-hybridized carbons (Fsp3) is 0.688. The highest BCUT2D eigenvalue weighted by molar-refractivity contribution is 5.93. The average molecular weight is 403 g/mol. The summed E-state index contributed by atoms with van der Waals surface area (Å²) in [6.07, 6.45) is 0.520. The number of amides is 3. The molecule has 160 valence electrons. The van der Waals surface area contributed by atoms with Gasteiger partial charge in [0, 0.05) is 6.42 Å². The van der Waals surface area contributed by atoms with E-state index in [1.165, 1.54) is 6.92 Å². The normalized spacial score (nSPS) is 13.7. The van der Waals surface area contributed by atoms with Crippen molar-refractivity contribution in [1.82, 2.24) is 16.0 Å². The topological polar surface area (TPSA) is 214 Å². The molecule has 0 aromatic carbocycles. The third-order valence-corrected chi connectivity index (χ3v) is 3.80. The first kappa shape index (κ1) is 25.3. The molecule has 28 heavy (non-hydrogen) atoms. The molecule has 0 bridgehead atoms. The molecule has 12 nitrogen and oxygen atoms in total. The molecule has 0 rings (SSSR count). The number of nitrogens with two attached hydrogens (primary N) is 2. The Kier molecular flexibility index (Phi) is 12.1. The second-order valence-electron chi connectivity index (χ2n) is 6.17. The molecule has 0 spiro atoms. The summed E-state index contributed by atoms with van der Waals surface area (Å²) in [7, 11) is 0. The van der Waals surface area contributed by atoms with E-state index in [0.29, 0.717) is 19.4 Å². The van der Waals surface area contributed by atoms with Crippen LogP contribution in [0.25, 0.3) is 0 Å². The van der Waals surface area contributed by atoms with Crippen LogP contribution < -0.4 is 27.4 Å². The molecule has 3 amide bonds. The van der Waals surface area contributed by atoms with Gasteiger partial charge in [-0.15, -0.1) is 0 Å². The van der Waals surface area contributed by atoms with Crippen molar-refractivity contribution in [1.29, 1.82) is 0 Å². The van der Waals surface area contributed by atoms with Crippen molar-refractivity contribution in [2.24, 2.45) is 11.5 Å². The molecule has 0 aliphatic carbocycles. The zero-order valence-corrected chi connectivity index (χ0v) is 15.8. The highest BCUT2D eigenvalue weighted by Gasteiger charge is 2.28. The first-order valence-corrected chi connectivity index (χ1v) is 8.87. The number of hydrogen-bond acceptors (Lipinski definition) is 7. The number of carboxylic acid groups (broad SMARTS) is 2. The molecular weight excluding hydrogens is 374 g/mol. The average Bonchev–Trinajstić information content (AvgIpc) is 2.63. The van der Waals surface area contributed by atoms with E-state index in [2.05, 4.69) is 16.0 Å². The lowest BCUT2D eigenvalue weighted by molar-refractivity contribution is -0.143. The van der Waals surface area contributed by atoms with Crippen LogP contribution in [0.1, 0.15) is 39.0 Å². The summed E-state index contributed by atoms with van der Waals surface area (Å²) in [6.45, 7) is 1.41. The highest BCUT2D eigenvalue weighted by Crippen LogP contribution is 2.04. The molecule has 0 heterocycles. The molecule has 3 unspecified atom stereocenters. The van der Waals surface area contributed by atoms with E-state index in [9.17, 15) is 29.1 Å². The standard InChI is InChI=1S/C16H29N5O7/c1-9(19-12(22)8-18)14(25)20-10(5-6-13(23)24)15(26)21-11(16(27)28)4-2-3-7-17/h9-11H,2-8,17-18H2,1H3,(H,19,22)(H,20,25)(H,21,26)(H,23,24)(H,27,28). The molecule has 0 aliphatic rings. The van der Waals surface area contributed by atoms with Gasteiger partial charge in [-0.05, 0) is 39.2 Å². The number of hydrogen-bond donors (Lipinski definition) is 7. The third-order valence-electron chi connectivity index (χ3n) is 3.80. The van der Waals surface area contributed by atoms with E-state index < -0.39 is 54.2 Å². The van der Waals surface area contributed by atoms with Gasteiger partial charge in [0.1, 0.15) is 18.1 Å². The first-order valence-electron chi connectivity index (χ1n) is 8.87. The lowest BCUT2D eigenvalue weighted by Gasteiger charge is -2.23. The largest absolute Gasteiger partial charge is 0.481 e. The maximum atomic E-state index is 12.4. The van der Waals surface area contributed by atoms with Gasteiger partial charge in [0.15, 0.2) is 0 Å². The van der Waals surface area contributed by atoms with Gasteiger partial charge in [-0.25, -0.2) is 4.79 Å². The predicted octanol–water partition coefficient (Wildman–Crippen LogP) is -2.50. The summed E-state index contributed by atoms with van der Waals surface area (Å²) in [6, 6.07) is -3.49. The van der Waals surface area contributed by atoms with Crippen molar-refractivity contribution in [3.05, 3.63) is 0 Å². The van der Waals surface area contributed by atoms with Crippen molar-refractivity contribution in [3.63, 3.8) is 0 Å². The Morgan fingerprint density at radius 3 is 1.96 bits per heavy atom. The number of carbonyl (C=O) groups is 5. The van der Waals surface area contributed by atoms with Crippen molar-refractivity contribution in [2.75, 3.05) is 13.1 Å².